The first kappa shape index (κ1) is 24.8. The molecule has 3 aliphatic rings. The molecule has 0 bridgehead atoms. The maximum Gasteiger partial charge on any atom is 0.227 e. The van der Waals surface area contributed by atoms with Gasteiger partial charge in [-0.3, -0.25) is 9.36 Å². The number of furan rings is 1. The molecule has 3 atom stereocenters. The fourth-order valence-electron chi connectivity index (χ4n) is 6.20. The first-order valence-electron chi connectivity index (χ1n) is 13.9. The van der Waals surface area contributed by atoms with Crippen molar-refractivity contribution < 1.29 is 18.7 Å². The van der Waals surface area contributed by atoms with E-state index in [1.165, 1.54) is 5.57 Å². The minimum atomic E-state index is 0.176. The van der Waals surface area contributed by atoms with Crippen LogP contribution >= 0.6 is 0 Å². The molecule has 7 rings (SSSR count). The Morgan fingerprint density at radius 3 is 2.88 bits per heavy atom. The lowest BCUT2D eigenvalue weighted by molar-refractivity contribution is -0.0593. The average Bonchev–Trinajstić information content (AvgIpc) is 3.31. The zero-order valence-electron chi connectivity index (χ0n) is 22.4. The van der Waals surface area contributed by atoms with Crippen molar-refractivity contribution in [3.63, 3.8) is 0 Å². The van der Waals surface area contributed by atoms with Crippen LogP contribution in [0.5, 0.6) is 5.88 Å². The highest BCUT2D eigenvalue weighted by Gasteiger charge is 2.56. The molecule has 3 unspecified atom stereocenters. The molecule has 0 amide bonds. The van der Waals surface area contributed by atoms with Crippen LogP contribution < -0.4 is 4.74 Å². The van der Waals surface area contributed by atoms with Gasteiger partial charge in [0, 0.05) is 24.7 Å². The summed E-state index contributed by atoms with van der Waals surface area (Å²) in [6, 6.07) is 15.5. The number of rotatable bonds is 8. The molecule has 4 heterocycles. The number of pyridine rings is 1. The minimum absolute atomic E-state index is 0.176. The molecule has 1 aliphatic heterocycles. The van der Waals surface area contributed by atoms with Crippen LogP contribution in [0.4, 0.5) is 0 Å². The van der Waals surface area contributed by atoms with Gasteiger partial charge in [-0.1, -0.05) is 18.2 Å². The SMILES string of the molecule is Cc1cc(C#N)ccc1COc1cccc(C2=CCC3(CC2)CC3c2nc3cc(C=O)oc3n2CC2CCO2)n1. The number of fused-ring (bicyclic) bond motifs is 1. The summed E-state index contributed by atoms with van der Waals surface area (Å²) in [5, 5.41) is 9.10. The van der Waals surface area contributed by atoms with Gasteiger partial charge in [-0.15, -0.1) is 0 Å². The number of carbonyl (C=O) groups is 1. The standard InChI is InChI=1S/C32H30N4O4/c1-20-13-21(16-33)5-6-23(20)19-39-29-4-2-3-27(34-29)22-7-10-32(11-8-22)15-26(32)30-35-28-14-25(18-37)40-31(28)36(30)17-24-9-12-38-24/h2-7,13-14,18,24,26H,8-12,15,17,19H2,1H3. The highest BCUT2D eigenvalue weighted by molar-refractivity contribution is 5.81. The Balaban J connectivity index is 1.06. The van der Waals surface area contributed by atoms with Crippen molar-refractivity contribution >= 4 is 23.1 Å². The first-order valence-corrected chi connectivity index (χ1v) is 13.9. The molecular weight excluding hydrogens is 504 g/mol. The highest BCUT2D eigenvalue weighted by atomic mass is 16.5. The number of allylic oxidation sites excluding steroid dienone is 2. The maximum atomic E-state index is 11.3. The summed E-state index contributed by atoms with van der Waals surface area (Å²) in [4.78, 5) is 21.0. The van der Waals surface area contributed by atoms with Crippen LogP contribution in [-0.4, -0.2) is 33.5 Å². The fourth-order valence-corrected chi connectivity index (χ4v) is 6.20. The smallest absolute Gasteiger partial charge is 0.227 e. The lowest BCUT2D eigenvalue weighted by atomic mass is 9.83. The van der Waals surface area contributed by atoms with Crippen LogP contribution in [0.1, 0.15) is 76.8 Å². The van der Waals surface area contributed by atoms with Gasteiger partial charge in [-0.25, -0.2) is 9.97 Å². The third kappa shape index (κ3) is 4.40. The number of nitrogens with zero attached hydrogens (tertiary/aromatic N) is 4. The van der Waals surface area contributed by atoms with E-state index in [4.69, 9.17) is 29.1 Å². The number of ether oxygens (including phenoxy) is 2. The summed E-state index contributed by atoms with van der Waals surface area (Å²) in [5.41, 5.74) is 6.59. The number of nitriles is 1. The average molecular weight is 535 g/mol. The molecule has 8 heteroatoms. The van der Waals surface area contributed by atoms with Crippen molar-refractivity contribution in [2.75, 3.05) is 6.61 Å². The lowest BCUT2D eigenvalue weighted by Gasteiger charge is -2.28. The van der Waals surface area contributed by atoms with Gasteiger partial charge in [0.05, 0.1) is 30.0 Å². The third-order valence-corrected chi connectivity index (χ3v) is 8.81. The first-order chi connectivity index (χ1) is 19.5. The molecule has 2 aliphatic carbocycles. The molecule has 4 aromatic rings. The second kappa shape index (κ2) is 9.76. The van der Waals surface area contributed by atoms with Crippen molar-refractivity contribution in [2.45, 2.75) is 64.2 Å². The molecule has 1 spiro atoms. The summed E-state index contributed by atoms with van der Waals surface area (Å²) in [6.07, 6.45) is 8.41. The van der Waals surface area contributed by atoms with Gasteiger partial charge in [0.25, 0.3) is 0 Å². The second-order valence-electron chi connectivity index (χ2n) is 11.3. The molecule has 2 fully saturated rings. The van der Waals surface area contributed by atoms with Crippen molar-refractivity contribution in [3.05, 3.63) is 82.5 Å². The van der Waals surface area contributed by atoms with Crippen molar-refractivity contribution in [3.8, 4) is 11.9 Å². The second-order valence-corrected chi connectivity index (χ2v) is 11.3. The van der Waals surface area contributed by atoms with Crippen molar-refractivity contribution in [1.82, 2.24) is 14.5 Å². The number of carbonyl (C=O) groups excluding carboxylic acids is 1. The van der Waals surface area contributed by atoms with E-state index < -0.39 is 0 Å². The van der Waals surface area contributed by atoms with Gasteiger partial charge in [-0.05, 0) is 79.3 Å². The Hall–Kier alpha value is -4.22. The maximum absolute atomic E-state index is 11.3. The van der Waals surface area contributed by atoms with Crippen LogP contribution in [0.3, 0.4) is 0 Å². The predicted octanol–water partition coefficient (Wildman–Crippen LogP) is 6.13. The molecule has 1 aromatic carbocycles. The van der Waals surface area contributed by atoms with Crippen LogP contribution in [0.25, 0.3) is 16.8 Å². The molecule has 3 aromatic heterocycles. The lowest BCUT2D eigenvalue weighted by Crippen LogP contribution is -2.31. The molecule has 40 heavy (non-hydrogen) atoms. The van der Waals surface area contributed by atoms with Gasteiger partial charge in [0.1, 0.15) is 17.9 Å². The normalized spacial score (nSPS) is 23.4. The number of aryl methyl sites for hydroxylation is 1. The number of hydrogen-bond donors (Lipinski definition) is 0. The van der Waals surface area contributed by atoms with Crippen LogP contribution in [0.15, 0.2) is 53.0 Å². The molecule has 1 saturated carbocycles. The Labute approximate surface area is 232 Å². The van der Waals surface area contributed by atoms with E-state index in [0.29, 0.717) is 42.0 Å². The molecule has 0 N–H and O–H groups in total. The third-order valence-electron chi connectivity index (χ3n) is 8.81. The Kier molecular flexibility index (Phi) is 6.05. The van der Waals surface area contributed by atoms with E-state index in [9.17, 15) is 4.79 Å². The van der Waals surface area contributed by atoms with Crippen LogP contribution in [0.2, 0.25) is 0 Å². The Bertz CT molecular complexity index is 1690. The number of aldehydes is 1. The quantitative estimate of drug-likeness (QED) is 0.251. The van der Waals surface area contributed by atoms with Crippen LogP contribution in [0, 0.1) is 23.7 Å². The van der Waals surface area contributed by atoms with Crippen molar-refractivity contribution in [2.24, 2.45) is 5.41 Å². The monoisotopic (exact) mass is 534 g/mol. The predicted molar refractivity (Wildman–Crippen MR) is 148 cm³/mol. The van der Waals surface area contributed by atoms with Gasteiger partial charge in [0.15, 0.2) is 12.0 Å². The summed E-state index contributed by atoms with van der Waals surface area (Å²) in [5.74, 6) is 2.34. The fraction of sp³-hybridized carbons (Fsp3) is 0.375. The molecule has 202 valence electrons. The van der Waals surface area contributed by atoms with Gasteiger partial charge in [0.2, 0.25) is 11.6 Å². The number of benzene rings is 1. The summed E-state index contributed by atoms with van der Waals surface area (Å²) >= 11 is 0. The van der Waals surface area contributed by atoms with E-state index in [1.54, 1.807) is 6.07 Å². The van der Waals surface area contributed by atoms with E-state index in [1.807, 2.05) is 37.3 Å². The van der Waals surface area contributed by atoms with Gasteiger partial charge < -0.3 is 13.9 Å². The zero-order chi connectivity index (χ0) is 27.3. The van der Waals surface area contributed by atoms with Crippen molar-refractivity contribution in [1.29, 1.82) is 5.26 Å². The van der Waals surface area contributed by atoms with E-state index in [0.717, 1.165) is 73.2 Å². The van der Waals surface area contributed by atoms with E-state index in [-0.39, 0.29) is 11.5 Å². The summed E-state index contributed by atoms with van der Waals surface area (Å²) in [6.45, 7) is 3.91. The minimum Gasteiger partial charge on any atom is -0.473 e. The molecule has 1 saturated heterocycles. The Morgan fingerprint density at radius 2 is 2.15 bits per heavy atom. The van der Waals surface area contributed by atoms with Gasteiger partial charge >= 0.3 is 0 Å². The van der Waals surface area contributed by atoms with Gasteiger partial charge in [-0.2, -0.15) is 5.26 Å². The van der Waals surface area contributed by atoms with Crippen LogP contribution in [-0.2, 0) is 17.9 Å². The van der Waals surface area contributed by atoms with E-state index in [2.05, 4.69) is 22.8 Å². The van der Waals surface area contributed by atoms with E-state index >= 15 is 0 Å². The molecular formula is C32H30N4O4. The number of hydrogen-bond acceptors (Lipinski definition) is 7. The zero-order valence-corrected chi connectivity index (χ0v) is 22.4. The largest absolute Gasteiger partial charge is 0.473 e. The Morgan fingerprint density at radius 1 is 1.25 bits per heavy atom. The number of aromatic nitrogens is 3. The molecule has 0 radical (unpaired) electrons. The summed E-state index contributed by atoms with van der Waals surface area (Å²) < 4.78 is 19.7. The topological polar surface area (TPSA) is 103 Å². The number of imidazole rings is 1. The highest BCUT2D eigenvalue weighted by Crippen LogP contribution is 2.66. The summed E-state index contributed by atoms with van der Waals surface area (Å²) in [7, 11) is 0. The molecule has 8 nitrogen and oxygen atoms in total.